The molecular formula is C21H27FO2S. The van der Waals surface area contributed by atoms with Gasteiger partial charge in [-0.15, -0.1) is 11.8 Å². The van der Waals surface area contributed by atoms with Gasteiger partial charge in [-0.05, 0) is 41.9 Å². The van der Waals surface area contributed by atoms with Crippen molar-refractivity contribution in [1.29, 1.82) is 0 Å². The van der Waals surface area contributed by atoms with Crippen LogP contribution in [0.1, 0.15) is 46.5 Å². The van der Waals surface area contributed by atoms with Crippen LogP contribution in [-0.2, 0) is 4.79 Å². The zero-order valence-corrected chi connectivity index (χ0v) is 16.0. The number of hydrogen-bond donors (Lipinski definition) is 1. The number of hydrogen-bond acceptors (Lipinski definition) is 3. The summed E-state index contributed by atoms with van der Waals surface area (Å²) < 4.78 is 16.7. The number of alkyl halides is 1. The van der Waals surface area contributed by atoms with E-state index in [9.17, 15) is 9.90 Å². The molecule has 0 aromatic rings. The normalized spacial score (nSPS) is 48.4. The largest absolute Gasteiger partial charge is 0.390 e. The van der Waals surface area contributed by atoms with Gasteiger partial charge < -0.3 is 5.11 Å². The molecule has 2 fully saturated rings. The molecular weight excluding hydrogens is 335 g/mol. The van der Waals surface area contributed by atoms with E-state index in [1.54, 1.807) is 23.9 Å². The smallest absolute Gasteiger partial charge is 0.155 e. The van der Waals surface area contributed by atoms with Crippen molar-refractivity contribution in [3.05, 3.63) is 34.8 Å². The van der Waals surface area contributed by atoms with Crippen LogP contribution in [0, 0.1) is 22.7 Å². The summed E-state index contributed by atoms with van der Waals surface area (Å²) in [6, 6.07) is 0. The lowest BCUT2D eigenvalue weighted by atomic mass is 9.45. The first-order valence-electron chi connectivity index (χ1n) is 9.42. The highest BCUT2D eigenvalue weighted by Gasteiger charge is 2.68. The molecule has 0 aliphatic heterocycles. The Balaban J connectivity index is 1.78. The number of aliphatic hydroxyl groups excluding tert-OH is 1. The van der Waals surface area contributed by atoms with Crippen LogP contribution in [0.4, 0.5) is 4.39 Å². The van der Waals surface area contributed by atoms with E-state index in [-0.39, 0.29) is 23.0 Å². The number of aliphatic hydroxyl groups is 1. The summed E-state index contributed by atoms with van der Waals surface area (Å²) in [6.45, 7) is 6.21. The second-order valence-corrected chi connectivity index (χ2v) is 9.83. The number of ketones is 1. The first-order valence-corrected chi connectivity index (χ1v) is 10.4. The van der Waals surface area contributed by atoms with Gasteiger partial charge in [-0.2, -0.15) is 0 Å². The number of allylic oxidation sites excluding steroid dienone is 6. The fourth-order valence-corrected chi connectivity index (χ4v) is 6.98. The Morgan fingerprint density at radius 1 is 1.32 bits per heavy atom. The van der Waals surface area contributed by atoms with Crippen LogP contribution < -0.4 is 0 Å². The Kier molecular flexibility index (Phi) is 3.90. The van der Waals surface area contributed by atoms with Gasteiger partial charge in [-0.25, -0.2) is 4.39 Å². The van der Waals surface area contributed by atoms with Crippen LogP contribution in [0.2, 0.25) is 0 Å². The number of thioether (sulfide) groups is 1. The van der Waals surface area contributed by atoms with E-state index < -0.39 is 17.2 Å². The molecule has 1 N–H and O–H groups in total. The third-order valence-electron chi connectivity index (χ3n) is 7.40. The SMILES string of the molecule is CCSC1=CC=C2[C@@H]3CCC4CC(=O)C=C[C@]4(C)C3(F)[C@@H](O)C[C@]12C. The zero-order valence-electron chi connectivity index (χ0n) is 15.2. The molecule has 2 unspecified atom stereocenters. The van der Waals surface area contributed by atoms with Gasteiger partial charge in [0, 0.05) is 23.2 Å². The van der Waals surface area contributed by atoms with Gasteiger partial charge in [-0.1, -0.05) is 44.6 Å². The number of halogens is 1. The Labute approximate surface area is 153 Å². The topological polar surface area (TPSA) is 37.3 Å². The van der Waals surface area contributed by atoms with Gasteiger partial charge in [0.2, 0.25) is 0 Å². The van der Waals surface area contributed by atoms with Crippen molar-refractivity contribution in [3.8, 4) is 0 Å². The molecule has 2 saturated carbocycles. The number of fused-ring (bicyclic) bond motifs is 5. The zero-order chi connectivity index (χ0) is 18.0. The molecule has 0 saturated heterocycles. The molecule has 4 rings (SSSR count). The molecule has 0 heterocycles. The summed E-state index contributed by atoms with van der Waals surface area (Å²) in [5, 5.41) is 11.1. The third-order valence-corrected chi connectivity index (χ3v) is 8.59. The van der Waals surface area contributed by atoms with Crippen LogP contribution in [0.25, 0.3) is 0 Å². The van der Waals surface area contributed by atoms with Gasteiger partial charge in [0.05, 0.1) is 6.10 Å². The molecule has 25 heavy (non-hydrogen) atoms. The molecule has 0 aromatic heterocycles. The minimum atomic E-state index is -1.70. The summed E-state index contributed by atoms with van der Waals surface area (Å²) in [6.07, 6.45) is 8.95. The van der Waals surface area contributed by atoms with Crippen LogP contribution in [-0.4, -0.2) is 28.4 Å². The fourth-order valence-electron chi connectivity index (χ4n) is 5.99. The van der Waals surface area contributed by atoms with Crippen LogP contribution in [0.5, 0.6) is 0 Å². The Morgan fingerprint density at radius 2 is 2.08 bits per heavy atom. The van der Waals surface area contributed by atoms with Crippen molar-refractivity contribution in [2.24, 2.45) is 22.7 Å². The maximum absolute atomic E-state index is 16.7. The maximum Gasteiger partial charge on any atom is 0.155 e. The number of carbonyl (C=O) groups excluding carboxylic acids is 1. The van der Waals surface area contributed by atoms with Gasteiger partial charge in [0.15, 0.2) is 11.5 Å². The molecule has 136 valence electrons. The summed E-state index contributed by atoms with van der Waals surface area (Å²) in [4.78, 5) is 13.1. The highest BCUT2D eigenvalue weighted by atomic mass is 32.2. The van der Waals surface area contributed by atoms with Gasteiger partial charge >= 0.3 is 0 Å². The molecule has 0 spiro atoms. The van der Waals surface area contributed by atoms with E-state index in [1.807, 2.05) is 6.92 Å². The average molecular weight is 363 g/mol. The highest BCUT2D eigenvalue weighted by Crippen LogP contribution is 2.67. The van der Waals surface area contributed by atoms with E-state index in [2.05, 4.69) is 26.0 Å². The van der Waals surface area contributed by atoms with Crippen molar-refractivity contribution in [3.63, 3.8) is 0 Å². The molecule has 4 heteroatoms. The van der Waals surface area contributed by atoms with Gasteiger partial charge in [-0.3, -0.25) is 4.79 Å². The Bertz CT molecular complexity index is 711. The van der Waals surface area contributed by atoms with Crippen molar-refractivity contribution in [2.45, 2.75) is 58.2 Å². The number of carbonyl (C=O) groups is 1. The van der Waals surface area contributed by atoms with E-state index >= 15 is 4.39 Å². The second kappa shape index (κ2) is 5.56. The van der Waals surface area contributed by atoms with Crippen LogP contribution >= 0.6 is 11.8 Å². The van der Waals surface area contributed by atoms with Crippen LogP contribution in [0.3, 0.4) is 0 Å². The minimum Gasteiger partial charge on any atom is -0.390 e. The quantitative estimate of drug-likeness (QED) is 0.780. The average Bonchev–Trinajstić information content (AvgIpc) is 2.87. The predicted molar refractivity (Wildman–Crippen MR) is 100.0 cm³/mol. The summed E-state index contributed by atoms with van der Waals surface area (Å²) >= 11 is 1.80. The lowest BCUT2D eigenvalue weighted by Gasteiger charge is -2.61. The summed E-state index contributed by atoms with van der Waals surface area (Å²) in [5.74, 6) is 0.786. The molecule has 0 radical (unpaired) electrons. The minimum absolute atomic E-state index is 0.00953. The van der Waals surface area contributed by atoms with Gasteiger partial charge in [0.25, 0.3) is 0 Å². The molecule has 0 amide bonds. The van der Waals surface area contributed by atoms with E-state index in [4.69, 9.17) is 0 Å². The number of rotatable bonds is 2. The molecule has 2 nitrogen and oxygen atoms in total. The Hall–Kier alpha value is -0.870. The standard InChI is InChI=1S/C21H27FO2S/c1-4-25-18-8-7-15-16-6-5-13-11-14(23)9-10-20(13,3)21(16,22)17(24)12-19(15,18)2/h7-10,13,16-17,24H,4-6,11-12H2,1-3H3/t13?,16-,17-,19-,20-,21?/m0/s1. The summed E-state index contributed by atoms with van der Waals surface area (Å²) in [5.41, 5.74) is -1.55. The molecule has 4 aliphatic rings. The van der Waals surface area contributed by atoms with E-state index in [0.29, 0.717) is 19.3 Å². The van der Waals surface area contributed by atoms with Crippen molar-refractivity contribution >= 4 is 17.5 Å². The monoisotopic (exact) mass is 362 g/mol. The highest BCUT2D eigenvalue weighted by molar-refractivity contribution is 8.03. The Morgan fingerprint density at radius 3 is 2.80 bits per heavy atom. The van der Waals surface area contributed by atoms with Crippen molar-refractivity contribution in [2.75, 3.05) is 5.75 Å². The van der Waals surface area contributed by atoms with Gasteiger partial charge in [0.1, 0.15) is 0 Å². The first-order chi connectivity index (χ1) is 11.8. The van der Waals surface area contributed by atoms with Crippen LogP contribution in [0.15, 0.2) is 34.8 Å². The van der Waals surface area contributed by atoms with E-state index in [0.717, 1.165) is 17.7 Å². The third kappa shape index (κ3) is 2.10. The fraction of sp³-hybridized carbons (Fsp3) is 0.667. The second-order valence-electron chi connectivity index (χ2n) is 8.52. The molecule has 0 bridgehead atoms. The maximum atomic E-state index is 16.7. The lowest BCUT2D eigenvalue weighted by Crippen LogP contribution is -2.66. The van der Waals surface area contributed by atoms with Crippen molar-refractivity contribution < 1.29 is 14.3 Å². The van der Waals surface area contributed by atoms with Crippen molar-refractivity contribution in [1.82, 2.24) is 0 Å². The lowest BCUT2D eigenvalue weighted by molar-refractivity contribution is -0.177. The molecule has 4 aliphatic carbocycles. The predicted octanol–water partition coefficient (Wildman–Crippen LogP) is 4.60. The summed E-state index contributed by atoms with van der Waals surface area (Å²) in [7, 11) is 0. The molecule has 6 atom stereocenters. The van der Waals surface area contributed by atoms with E-state index in [1.165, 1.54) is 4.91 Å². The first kappa shape index (κ1) is 17.5. The molecule has 0 aromatic carbocycles.